The van der Waals surface area contributed by atoms with Crippen molar-refractivity contribution >= 4 is 5.69 Å². The molecule has 29 heavy (non-hydrogen) atoms. The number of aliphatic hydroxyl groups excluding tert-OH is 1. The molecule has 1 fully saturated rings. The largest absolute Gasteiger partial charge is 0.472 e. The molecule has 1 unspecified atom stereocenters. The molecule has 1 atom stereocenters. The van der Waals surface area contributed by atoms with Crippen LogP contribution in [0.15, 0.2) is 60.8 Å². The molecular formula is C25H28N2O2. The van der Waals surface area contributed by atoms with Crippen LogP contribution in [0.3, 0.4) is 0 Å². The standard InChI is InChI=1S/C25H28N2O2/c1-18-6-3-4-8-23(18)20-9-10-24(21(16-20)12-15-28)27-14-11-22(17-27)29-25-19(2)7-5-13-26-25/h3-10,13,16,22,28H,11-12,14-15,17H2,1-2H3. The minimum absolute atomic E-state index is 0.127. The van der Waals surface area contributed by atoms with Crippen molar-refractivity contribution in [1.29, 1.82) is 0 Å². The molecule has 0 spiro atoms. The molecule has 150 valence electrons. The Hall–Kier alpha value is -2.85. The van der Waals surface area contributed by atoms with Gasteiger partial charge in [-0.05, 0) is 60.7 Å². The van der Waals surface area contributed by atoms with E-state index in [1.54, 1.807) is 6.20 Å². The van der Waals surface area contributed by atoms with Gasteiger partial charge in [0.1, 0.15) is 6.10 Å². The third-order valence-electron chi connectivity index (χ3n) is 5.64. The van der Waals surface area contributed by atoms with E-state index in [0.717, 1.165) is 31.0 Å². The van der Waals surface area contributed by atoms with Gasteiger partial charge in [0.25, 0.3) is 0 Å². The van der Waals surface area contributed by atoms with Gasteiger partial charge in [0, 0.05) is 37.0 Å². The van der Waals surface area contributed by atoms with E-state index in [1.165, 1.54) is 27.9 Å². The van der Waals surface area contributed by atoms with Crippen molar-refractivity contribution in [3.8, 4) is 17.0 Å². The third-order valence-corrected chi connectivity index (χ3v) is 5.64. The highest BCUT2D eigenvalue weighted by molar-refractivity contribution is 5.71. The SMILES string of the molecule is Cc1ccccc1-c1ccc(N2CCC(Oc3ncccc3C)C2)c(CCO)c1. The molecule has 1 aliphatic heterocycles. The van der Waals surface area contributed by atoms with E-state index in [1.807, 2.05) is 19.1 Å². The summed E-state index contributed by atoms with van der Waals surface area (Å²) in [5.41, 5.74) is 7.14. The molecule has 2 heterocycles. The summed E-state index contributed by atoms with van der Waals surface area (Å²) < 4.78 is 6.16. The summed E-state index contributed by atoms with van der Waals surface area (Å²) in [6.45, 7) is 6.08. The predicted octanol–water partition coefficient (Wildman–Crippen LogP) is 4.56. The Morgan fingerprint density at radius 3 is 2.69 bits per heavy atom. The van der Waals surface area contributed by atoms with E-state index in [9.17, 15) is 5.11 Å². The summed E-state index contributed by atoms with van der Waals surface area (Å²) in [6.07, 6.45) is 3.52. The second kappa shape index (κ2) is 8.66. The van der Waals surface area contributed by atoms with Crippen molar-refractivity contribution in [1.82, 2.24) is 4.98 Å². The van der Waals surface area contributed by atoms with Gasteiger partial charge < -0.3 is 14.7 Å². The Morgan fingerprint density at radius 2 is 1.90 bits per heavy atom. The van der Waals surface area contributed by atoms with Crippen LogP contribution in [0.4, 0.5) is 5.69 Å². The highest BCUT2D eigenvalue weighted by atomic mass is 16.5. The van der Waals surface area contributed by atoms with Crippen molar-refractivity contribution in [2.75, 3.05) is 24.6 Å². The zero-order chi connectivity index (χ0) is 20.2. The van der Waals surface area contributed by atoms with E-state index < -0.39 is 0 Å². The van der Waals surface area contributed by atoms with Crippen LogP contribution in [0.25, 0.3) is 11.1 Å². The summed E-state index contributed by atoms with van der Waals surface area (Å²) in [4.78, 5) is 6.74. The number of aromatic nitrogens is 1. The van der Waals surface area contributed by atoms with Gasteiger partial charge in [-0.3, -0.25) is 0 Å². The van der Waals surface area contributed by atoms with Crippen LogP contribution >= 0.6 is 0 Å². The zero-order valence-corrected chi connectivity index (χ0v) is 17.1. The monoisotopic (exact) mass is 388 g/mol. The first-order chi connectivity index (χ1) is 14.2. The lowest BCUT2D eigenvalue weighted by molar-refractivity contribution is 0.214. The number of pyridine rings is 1. The molecule has 4 nitrogen and oxygen atoms in total. The lowest BCUT2D eigenvalue weighted by Crippen LogP contribution is -2.26. The Morgan fingerprint density at radius 1 is 1.07 bits per heavy atom. The normalized spacial score (nSPS) is 16.2. The molecule has 1 saturated heterocycles. The first-order valence-electron chi connectivity index (χ1n) is 10.3. The maximum atomic E-state index is 9.63. The smallest absolute Gasteiger partial charge is 0.216 e. The number of hydrogen-bond donors (Lipinski definition) is 1. The zero-order valence-electron chi connectivity index (χ0n) is 17.1. The maximum Gasteiger partial charge on any atom is 0.216 e. The van der Waals surface area contributed by atoms with Crippen LogP contribution < -0.4 is 9.64 Å². The van der Waals surface area contributed by atoms with Crippen LogP contribution in [0.5, 0.6) is 5.88 Å². The Kier molecular flexibility index (Phi) is 5.81. The molecular weight excluding hydrogens is 360 g/mol. The van der Waals surface area contributed by atoms with Gasteiger partial charge in [-0.1, -0.05) is 36.4 Å². The van der Waals surface area contributed by atoms with Gasteiger partial charge in [-0.15, -0.1) is 0 Å². The van der Waals surface area contributed by atoms with Crippen LogP contribution in [-0.2, 0) is 6.42 Å². The first-order valence-corrected chi connectivity index (χ1v) is 10.3. The van der Waals surface area contributed by atoms with Gasteiger partial charge in [-0.2, -0.15) is 0 Å². The van der Waals surface area contributed by atoms with Crippen molar-refractivity contribution in [3.05, 3.63) is 77.5 Å². The number of aliphatic hydroxyl groups is 1. The summed E-state index contributed by atoms with van der Waals surface area (Å²) >= 11 is 0. The summed E-state index contributed by atoms with van der Waals surface area (Å²) in [7, 11) is 0. The fourth-order valence-corrected chi connectivity index (χ4v) is 4.07. The number of nitrogens with zero attached hydrogens (tertiary/aromatic N) is 2. The maximum absolute atomic E-state index is 9.63. The van der Waals surface area contributed by atoms with Crippen molar-refractivity contribution in [3.63, 3.8) is 0 Å². The number of ether oxygens (including phenoxy) is 1. The molecule has 0 saturated carbocycles. The summed E-state index contributed by atoms with van der Waals surface area (Å²) in [5.74, 6) is 0.727. The van der Waals surface area contributed by atoms with Gasteiger partial charge in [0.05, 0.1) is 6.54 Å². The van der Waals surface area contributed by atoms with E-state index in [-0.39, 0.29) is 12.7 Å². The van der Waals surface area contributed by atoms with E-state index >= 15 is 0 Å². The highest BCUT2D eigenvalue weighted by Gasteiger charge is 2.26. The Labute approximate surface area is 172 Å². The molecule has 4 heteroatoms. The predicted molar refractivity (Wildman–Crippen MR) is 118 cm³/mol. The number of hydrogen-bond acceptors (Lipinski definition) is 4. The first kappa shape index (κ1) is 19.5. The molecule has 1 aliphatic rings. The van der Waals surface area contributed by atoms with Gasteiger partial charge in [0.15, 0.2) is 0 Å². The lowest BCUT2D eigenvalue weighted by atomic mass is 9.97. The van der Waals surface area contributed by atoms with Crippen molar-refractivity contribution in [2.45, 2.75) is 32.8 Å². The number of anilines is 1. The lowest BCUT2D eigenvalue weighted by Gasteiger charge is -2.23. The Balaban J connectivity index is 1.55. The minimum Gasteiger partial charge on any atom is -0.472 e. The van der Waals surface area contributed by atoms with Gasteiger partial charge in [-0.25, -0.2) is 4.98 Å². The number of benzene rings is 2. The summed E-state index contributed by atoms with van der Waals surface area (Å²) in [6, 6.07) is 19.0. The molecule has 3 aromatic rings. The number of aryl methyl sites for hydroxylation is 2. The van der Waals surface area contributed by atoms with E-state index in [0.29, 0.717) is 6.42 Å². The minimum atomic E-state index is 0.127. The van der Waals surface area contributed by atoms with Crippen LogP contribution in [-0.4, -0.2) is 35.9 Å². The average Bonchev–Trinajstić information content (AvgIpc) is 3.19. The molecule has 0 aliphatic carbocycles. The average molecular weight is 389 g/mol. The molecule has 0 amide bonds. The highest BCUT2D eigenvalue weighted by Crippen LogP contribution is 2.32. The van der Waals surface area contributed by atoms with Crippen LogP contribution in [0.2, 0.25) is 0 Å². The van der Waals surface area contributed by atoms with E-state index in [4.69, 9.17) is 4.74 Å². The second-order valence-corrected chi connectivity index (χ2v) is 7.73. The third kappa shape index (κ3) is 4.28. The fourth-order valence-electron chi connectivity index (χ4n) is 4.07. The van der Waals surface area contributed by atoms with Crippen LogP contribution in [0.1, 0.15) is 23.1 Å². The molecule has 1 aromatic heterocycles. The molecule has 1 N–H and O–H groups in total. The second-order valence-electron chi connectivity index (χ2n) is 7.73. The molecule has 4 rings (SSSR count). The molecule has 0 bridgehead atoms. The van der Waals surface area contributed by atoms with Crippen LogP contribution in [0, 0.1) is 13.8 Å². The van der Waals surface area contributed by atoms with Crippen molar-refractivity contribution < 1.29 is 9.84 Å². The summed E-state index contributed by atoms with van der Waals surface area (Å²) in [5, 5.41) is 9.63. The van der Waals surface area contributed by atoms with Gasteiger partial charge >= 0.3 is 0 Å². The quantitative estimate of drug-likeness (QED) is 0.672. The molecule has 0 radical (unpaired) electrons. The Bertz CT molecular complexity index is 986. The van der Waals surface area contributed by atoms with Crippen molar-refractivity contribution in [2.24, 2.45) is 0 Å². The molecule has 2 aromatic carbocycles. The van der Waals surface area contributed by atoms with Gasteiger partial charge in [0.2, 0.25) is 5.88 Å². The van der Waals surface area contributed by atoms with E-state index in [2.05, 4.69) is 59.3 Å². The topological polar surface area (TPSA) is 45.6 Å². The fraction of sp³-hybridized carbons (Fsp3) is 0.320. The number of rotatable bonds is 6.